The number of methoxy groups -OCH3 is 1. The predicted octanol–water partition coefficient (Wildman–Crippen LogP) is 10.1. The molecule has 0 saturated carbocycles. The Morgan fingerprint density at radius 1 is 0.611 bits per heavy atom. The second-order valence-electron chi connectivity index (χ2n) is 28.5. The maximum atomic E-state index is 14.3. The first-order valence-corrected chi connectivity index (χ1v) is 34.3. The fourth-order valence-electron chi connectivity index (χ4n) is 15.1. The summed E-state index contributed by atoms with van der Waals surface area (Å²) < 4.78 is 22.9. The number of carbonyl (C=O) groups excluding carboxylic acids is 10. The zero-order valence-electron chi connectivity index (χ0n) is 56.1. The Bertz CT molecular complexity index is 2590. The van der Waals surface area contributed by atoms with Crippen molar-refractivity contribution >= 4 is 58.7 Å². The van der Waals surface area contributed by atoms with Crippen LogP contribution in [0, 0.1) is 35.5 Å². The lowest BCUT2D eigenvalue weighted by molar-refractivity contribution is -0.158. The summed E-state index contributed by atoms with van der Waals surface area (Å²) >= 11 is 0. The number of esters is 2. The molecule has 0 aromatic heterocycles. The van der Waals surface area contributed by atoms with Gasteiger partial charge >= 0.3 is 11.9 Å². The van der Waals surface area contributed by atoms with Gasteiger partial charge in [-0.15, -0.1) is 0 Å². The maximum absolute atomic E-state index is 14.3. The Morgan fingerprint density at radius 3 is 1.48 bits per heavy atom. The van der Waals surface area contributed by atoms with E-state index in [9.17, 15) is 53.1 Å². The van der Waals surface area contributed by atoms with Gasteiger partial charge < -0.3 is 44.1 Å². The molecule has 19 heteroatoms. The first kappa shape index (κ1) is 73.6. The van der Waals surface area contributed by atoms with Gasteiger partial charge in [-0.05, 0) is 77.7 Å². The normalized spacial score (nSPS) is 29.2. The number of ether oxygens (including phenoxy) is 4. The molecule has 6 unspecified atom stereocenters. The third-order valence-corrected chi connectivity index (χ3v) is 19.8. The van der Waals surface area contributed by atoms with Crippen LogP contribution >= 0.6 is 0 Å². The molecule has 4 amide bonds. The number of hydrogen-bond donors (Lipinski definition) is 2. The summed E-state index contributed by atoms with van der Waals surface area (Å²) in [7, 11) is 4.49. The number of hydrogen-bond acceptors (Lipinski definition) is 15. The van der Waals surface area contributed by atoms with Crippen molar-refractivity contribution in [3.05, 3.63) is 35.9 Å². The van der Waals surface area contributed by atoms with Crippen LogP contribution in [-0.2, 0) is 66.9 Å². The lowest BCUT2D eigenvalue weighted by Gasteiger charge is -2.32. The topological polar surface area (TPSA) is 250 Å². The Hall–Kier alpha value is -5.40. The highest BCUT2D eigenvalue weighted by Crippen LogP contribution is 2.46. The fraction of sp³-hybridized carbons (Fsp3) is 0.775. The third kappa shape index (κ3) is 21.3. The summed E-state index contributed by atoms with van der Waals surface area (Å²) in [5.41, 5.74) is -0.142. The molecule has 6 aliphatic rings. The minimum absolute atomic E-state index is 0.00860. The van der Waals surface area contributed by atoms with Crippen LogP contribution in [0.2, 0.25) is 0 Å². The van der Waals surface area contributed by atoms with Crippen molar-refractivity contribution in [2.75, 3.05) is 34.3 Å². The highest BCUT2D eigenvalue weighted by atomic mass is 16.5. The molecule has 19 nitrogen and oxygen atoms in total. The molecule has 1 aromatic carbocycles. The monoisotopic (exact) mass is 1260 g/mol. The number of ketones is 4. The molecule has 0 aliphatic carbocycles. The molecule has 504 valence electrons. The smallest absolute Gasteiger partial charge is 0.305 e. The lowest BCUT2D eigenvalue weighted by atomic mass is 9.81. The van der Waals surface area contributed by atoms with Crippen molar-refractivity contribution in [3.63, 3.8) is 0 Å². The number of Topliss-reactive ketones (excluding diaryl/α,β-unsaturated/α-hetero) is 4. The number of rotatable bonds is 14. The Morgan fingerprint density at radius 2 is 1.03 bits per heavy atom. The zero-order valence-corrected chi connectivity index (χ0v) is 56.1. The van der Waals surface area contributed by atoms with E-state index in [1.54, 1.807) is 48.2 Å². The zero-order chi connectivity index (χ0) is 65.9. The maximum Gasteiger partial charge on any atom is 0.305 e. The third-order valence-electron chi connectivity index (χ3n) is 19.8. The lowest BCUT2D eigenvalue weighted by Crippen LogP contribution is -2.47. The van der Waals surface area contributed by atoms with Gasteiger partial charge in [0.25, 0.3) is 0 Å². The second kappa shape index (κ2) is 35.0. The summed E-state index contributed by atoms with van der Waals surface area (Å²) in [5, 5.41) is 14.2. The predicted molar refractivity (Wildman–Crippen MR) is 340 cm³/mol. The average molecular weight is 1260 g/mol. The summed E-state index contributed by atoms with van der Waals surface area (Å²) in [6, 6.07) is 6.76. The van der Waals surface area contributed by atoms with Crippen molar-refractivity contribution in [1.29, 1.82) is 0 Å². The van der Waals surface area contributed by atoms with Gasteiger partial charge in [-0.25, -0.2) is 0 Å². The van der Waals surface area contributed by atoms with Crippen LogP contribution in [0.1, 0.15) is 240 Å². The molecule has 2 N–H and O–H groups in total. The molecule has 90 heavy (non-hydrogen) atoms. The van der Waals surface area contributed by atoms with Crippen LogP contribution in [0.3, 0.4) is 0 Å². The number of nitrogens with one attached hydrogen (secondary N) is 1. The summed E-state index contributed by atoms with van der Waals surface area (Å²) in [6.45, 7) is 14.0. The van der Waals surface area contributed by atoms with E-state index in [-0.39, 0.29) is 115 Å². The minimum Gasteiger partial charge on any atom is -0.469 e. The van der Waals surface area contributed by atoms with E-state index in [0.29, 0.717) is 44.3 Å². The number of likely N-dealkylation sites (N-methyl/N-ethyl adjacent to an activating group) is 1. The molecular weight excluding hydrogens is 1150 g/mol. The van der Waals surface area contributed by atoms with Crippen molar-refractivity contribution in [2.45, 2.75) is 282 Å². The van der Waals surface area contributed by atoms with E-state index in [1.165, 1.54) is 18.9 Å². The summed E-state index contributed by atoms with van der Waals surface area (Å²) in [5.74, 6) is -4.78. The van der Waals surface area contributed by atoms with Gasteiger partial charge in [0.1, 0.15) is 12.1 Å². The Kier molecular flexibility index (Phi) is 28.7. The first-order valence-electron chi connectivity index (χ1n) is 34.3. The van der Waals surface area contributed by atoms with Crippen LogP contribution in [0.25, 0.3) is 0 Å². The second-order valence-corrected chi connectivity index (χ2v) is 28.5. The van der Waals surface area contributed by atoms with Crippen molar-refractivity contribution in [2.24, 2.45) is 35.5 Å². The van der Waals surface area contributed by atoms with Crippen LogP contribution in [0.5, 0.6) is 0 Å². The number of aliphatic hydroxyl groups is 1. The minimum atomic E-state index is -1.41. The van der Waals surface area contributed by atoms with Gasteiger partial charge in [0, 0.05) is 95.8 Å². The Labute approximate surface area is 536 Å². The molecule has 7 rings (SSSR count). The molecule has 6 aliphatic heterocycles. The number of amides is 4. The number of benzene rings is 1. The van der Waals surface area contributed by atoms with Gasteiger partial charge in [-0.1, -0.05) is 147 Å². The number of aliphatic hydroxyl groups excluding tert-OH is 1. The molecule has 1 aromatic rings. The quantitative estimate of drug-likeness (QED) is 0.164. The summed E-state index contributed by atoms with van der Waals surface area (Å²) in [4.78, 5) is 137. The van der Waals surface area contributed by atoms with Crippen LogP contribution in [0.4, 0.5) is 0 Å². The highest BCUT2D eigenvalue weighted by Gasteiger charge is 2.57. The van der Waals surface area contributed by atoms with Crippen molar-refractivity contribution < 1.29 is 72.0 Å². The molecule has 13 atom stereocenters. The molecule has 6 heterocycles. The molecule has 6 saturated heterocycles. The molecule has 0 spiro atoms. The van der Waals surface area contributed by atoms with E-state index in [0.717, 1.165) is 116 Å². The van der Waals surface area contributed by atoms with E-state index in [1.807, 2.05) is 47.6 Å². The SMILES string of the molecule is COC(=O)CCC(=O)C(OC(C)=O)[C@@H]1CCCCCCCCCC[C@H](C)C(=O)N2CC3OC(C)(C)C[C@@H]3C2C(=O)C1.C[C@H]1CCCCCCCCCC[C@@H](C(O)C(=O)CCC(=O)N[C@H](C(=O)N(C)C)c2ccccc2)CC(=O)C2[C@H]3CC(C)(C)OC3CN2C1=O. The van der Waals surface area contributed by atoms with Gasteiger partial charge in [-0.2, -0.15) is 0 Å². The molecular formula is C71H110N4O15. The van der Waals surface area contributed by atoms with Crippen LogP contribution in [-0.4, -0.2) is 161 Å². The van der Waals surface area contributed by atoms with E-state index in [4.69, 9.17) is 14.2 Å². The van der Waals surface area contributed by atoms with Gasteiger partial charge in [0.15, 0.2) is 29.2 Å². The molecule has 0 radical (unpaired) electrons. The van der Waals surface area contributed by atoms with Gasteiger partial charge in [-0.3, -0.25) is 47.9 Å². The largest absolute Gasteiger partial charge is 0.469 e. The number of fused-ring (bicyclic) bond motifs is 6. The van der Waals surface area contributed by atoms with Crippen molar-refractivity contribution in [1.82, 2.24) is 20.0 Å². The van der Waals surface area contributed by atoms with Gasteiger partial charge in [0.2, 0.25) is 23.6 Å². The molecule has 0 bridgehead atoms. The molecule has 6 fully saturated rings. The van der Waals surface area contributed by atoms with Crippen LogP contribution in [0.15, 0.2) is 30.3 Å². The van der Waals surface area contributed by atoms with E-state index in [2.05, 4.69) is 10.1 Å². The van der Waals surface area contributed by atoms with E-state index >= 15 is 0 Å². The van der Waals surface area contributed by atoms with Crippen molar-refractivity contribution in [3.8, 4) is 0 Å². The van der Waals surface area contributed by atoms with E-state index < -0.39 is 71.4 Å². The standard InChI is InChI=1S/C39H59N3O7.C32H51NO8/c1-26-17-13-10-8-6-7-9-11-14-20-28(23-31(44)35-29-24-39(2,3)49-32(29)25-42(35)37(26)47)36(46)30(43)21-22-33(45)40-34(38(48)41(4)5)27-18-15-12-16-19-27;1-21-14-12-10-8-6-7-9-11-13-15-23(30(40-22(2)34)25(35)16-17-28(37)39-5)18-26(36)29-24-19-32(3,4)41-27(24)20-33(29)31(21)38/h12,15-16,18-19,26,28-29,32,34-36,46H,6-11,13-14,17,20-25H2,1-5H3,(H,40,45);21,23-24,27,29-30H,6-20H2,1-5H3/t26-,28+,29-,32?,34-,35?,36?;21-,23+,24-,27?,29?,30?/m00/s1. The summed E-state index contributed by atoms with van der Waals surface area (Å²) in [6.07, 6.45) is 17.0. The van der Waals surface area contributed by atoms with Gasteiger partial charge in [0.05, 0.1) is 49.0 Å². The highest BCUT2D eigenvalue weighted by molar-refractivity contribution is 5.95. The number of nitrogens with zero attached hydrogens (tertiary/aromatic N) is 3. The first-order chi connectivity index (χ1) is 42.7. The number of carbonyl (C=O) groups is 10. The average Bonchev–Trinajstić information content (AvgIpc) is 1.62. The fourth-order valence-corrected chi connectivity index (χ4v) is 15.1. The Balaban J connectivity index is 0.000000291. The van der Waals surface area contributed by atoms with Crippen LogP contribution < -0.4 is 5.32 Å².